The van der Waals surface area contributed by atoms with Crippen LogP contribution in [0.15, 0.2) is 62.7 Å². The van der Waals surface area contributed by atoms with Crippen LogP contribution in [0.25, 0.3) is 5.69 Å². The van der Waals surface area contributed by atoms with Crippen molar-refractivity contribution in [2.45, 2.75) is 116 Å². The largest absolute Gasteiger partial charge is 0.393 e. The molecule has 1 aliphatic heterocycles. The van der Waals surface area contributed by atoms with Gasteiger partial charge in [0.1, 0.15) is 0 Å². The molecule has 0 spiro atoms. The number of benzene rings is 1. The van der Waals surface area contributed by atoms with Gasteiger partial charge in [-0.25, -0.2) is 23.5 Å². The topological polar surface area (TPSA) is 110 Å². The molecule has 234 valence electrons. The number of nitrogens with zero attached hydrogens (tertiary/aromatic N) is 3. The molecule has 2 saturated carbocycles. The standard InChI is InChI=1S/C35H49N3O5/c1-23(9-7-17-34(2,43)22-39)29-15-16-30-24(10-8-18-35(29,30)3)19-31-28-20-27(40)14-13-25(28)21-36-32(41)37(33(42)38(31)36)26-11-5-4-6-12-26/h4-6,11-12,19,23,27,29-31,39-40,43H,7-10,13-18,20-22H2,1-3H3/b24-19+/t23-,27+,29-,30+,31?,34+,35-/m1/s1. The lowest BCUT2D eigenvalue weighted by Gasteiger charge is -2.45. The maximum atomic E-state index is 14.0. The average molecular weight is 592 g/mol. The first-order valence-electron chi connectivity index (χ1n) is 16.5. The van der Waals surface area contributed by atoms with Crippen LogP contribution in [-0.4, -0.2) is 47.6 Å². The van der Waals surface area contributed by atoms with Crippen molar-refractivity contribution in [3.05, 3.63) is 74.1 Å². The van der Waals surface area contributed by atoms with Gasteiger partial charge in [-0.05, 0) is 111 Å². The molecule has 8 heteroatoms. The smallest absolute Gasteiger partial charge is 0.352 e. The first kappa shape index (κ1) is 30.4. The highest BCUT2D eigenvalue weighted by Gasteiger charge is 2.51. The number of allylic oxidation sites excluding steroid dienone is 3. The van der Waals surface area contributed by atoms with Crippen LogP contribution >= 0.6 is 0 Å². The summed E-state index contributed by atoms with van der Waals surface area (Å²) in [6.45, 7) is 6.72. The fraction of sp³-hybridized carbons (Fsp3) is 0.657. The zero-order chi connectivity index (χ0) is 30.5. The first-order valence-corrected chi connectivity index (χ1v) is 16.5. The number of aromatic nitrogens is 3. The third kappa shape index (κ3) is 5.44. The Hall–Kier alpha value is -2.68. The van der Waals surface area contributed by atoms with Crippen LogP contribution in [0.1, 0.15) is 97.4 Å². The lowest BCUT2D eigenvalue weighted by atomic mass is 9.60. The van der Waals surface area contributed by atoms with E-state index >= 15 is 0 Å². The van der Waals surface area contributed by atoms with Crippen molar-refractivity contribution in [3.63, 3.8) is 0 Å². The van der Waals surface area contributed by atoms with Crippen molar-refractivity contribution >= 4 is 0 Å². The monoisotopic (exact) mass is 591 g/mol. The van der Waals surface area contributed by atoms with E-state index in [2.05, 4.69) is 19.9 Å². The molecule has 3 aliphatic carbocycles. The van der Waals surface area contributed by atoms with Gasteiger partial charge in [0.25, 0.3) is 0 Å². The molecule has 1 aromatic heterocycles. The number of hydrogen-bond acceptors (Lipinski definition) is 5. The molecular formula is C35H49N3O5. The van der Waals surface area contributed by atoms with Crippen LogP contribution in [-0.2, 0) is 6.54 Å². The molecule has 0 radical (unpaired) electrons. The van der Waals surface area contributed by atoms with Crippen molar-refractivity contribution < 1.29 is 15.3 Å². The second-order valence-electron chi connectivity index (χ2n) is 14.5. The Morgan fingerprint density at radius 3 is 2.63 bits per heavy atom. The molecule has 3 N–H and O–H groups in total. The minimum Gasteiger partial charge on any atom is -0.393 e. The minimum atomic E-state index is -1.01. The van der Waals surface area contributed by atoms with Crippen molar-refractivity contribution in [1.82, 2.24) is 13.9 Å². The van der Waals surface area contributed by atoms with E-state index in [0.29, 0.717) is 49.2 Å². The van der Waals surface area contributed by atoms with Gasteiger partial charge < -0.3 is 15.3 Å². The number of para-hydroxylation sites is 1. The number of hydrogen-bond donors (Lipinski definition) is 3. The summed E-state index contributed by atoms with van der Waals surface area (Å²) in [6.07, 6.45) is 12.0. The molecule has 7 atom stereocenters. The maximum Gasteiger partial charge on any atom is 0.352 e. The summed E-state index contributed by atoms with van der Waals surface area (Å²) in [5, 5.41) is 30.4. The summed E-state index contributed by atoms with van der Waals surface area (Å²) in [6, 6.07) is 8.81. The summed E-state index contributed by atoms with van der Waals surface area (Å²) in [7, 11) is 0. The minimum absolute atomic E-state index is 0.168. The molecule has 2 heterocycles. The van der Waals surface area contributed by atoms with Gasteiger partial charge in [0.2, 0.25) is 0 Å². The molecule has 0 bridgehead atoms. The zero-order valence-electron chi connectivity index (χ0n) is 26.0. The number of fused-ring (bicyclic) bond motifs is 2. The summed E-state index contributed by atoms with van der Waals surface area (Å²) < 4.78 is 4.61. The Morgan fingerprint density at radius 1 is 1.12 bits per heavy atom. The van der Waals surface area contributed by atoms with Gasteiger partial charge in [-0.3, -0.25) is 0 Å². The van der Waals surface area contributed by atoms with Gasteiger partial charge in [0.05, 0.1) is 36.6 Å². The van der Waals surface area contributed by atoms with Crippen LogP contribution in [0.2, 0.25) is 0 Å². The number of aliphatic hydroxyl groups excluding tert-OH is 2. The highest BCUT2D eigenvalue weighted by Crippen LogP contribution is 2.60. The predicted molar refractivity (Wildman–Crippen MR) is 167 cm³/mol. The Labute approximate surface area is 254 Å². The van der Waals surface area contributed by atoms with Crippen molar-refractivity contribution in [3.8, 4) is 5.69 Å². The predicted octanol–water partition coefficient (Wildman–Crippen LogP) is 4.89. The third-order valence-corrected chi connectivity index (χ3v) is 11.5. The van der Waals surface area contributed by atoms with Crippen molar-refractivity contribution in [1.29, 1.82) is 0 Å². The van der Waals surface area contributed by atoms with E-state index in [1.54, 1.807) is 28.4 Å². The molecule has 1 unspecified atom stereocenters. The molecule has 6 rings (SSSR count). The molecule has 1 aromatic carbocycles. The maximum absolute atomic E-state index is 14.0. The third-order valence-electron chi connectivity index (χ3n) is 11.5. The second-order valence-corrected chi connectivity index (χ2v) is 14.5. The average Bonchev–Trinajstić information content (AvgIpc) is 3.47. The van der Waals surface area contributed by atoms with Crippen LogP contribution in [0, 0.1) is 23.2 Å². The molecule has 4 aliphatic rings. The molecule has 0 amide bonds. The number of aliphatic hydroxyl groups is 3. The summed E-state index contributed by atoms with van der Waals surface area (Å²) in [4.78, 5) is 27.7. The SMILES string of the molecule is C[C@H](CCC[C@](C)(O)CO)[C@H]1CC[C@H]2/C(=C/C3C4=C(CC[C@H](O)C4)Cn4c(=O)n(-c5ccccc5)c(=O)n43)CCC[C@]12C. The summed E-state index contributed by atoms with van der Waals surface area (Å²) >= 11 is 0. The Kier molecular flexibility index (Phi) is 8.24. The zero-order valence-corrected chi connectivity index (χ0v) is 26.0. The fourth-order valence-electron chi connectivity index (χ4n) is 9.22. The van der Waals surface area contributed by atoms with E-state index in [1.807, 2.05) is 18.2 Å². The summed E-state index contributed by atoms with van der Waals surface area (Å²) in [5.41, 5.74) is 2.82. The normalized spacial score (nSPS) is 31.8. The van der Waals surface area contributed by atoms with Gasteiger partial charge in [-0.2, -0.15) is 0 Å². The summed E-state index contributed by atoms with van der Waals surface area (Å²) in [5.74, 6) is 1.54. The Balaban J connectivity index is 1.35. The van der Waals surface area contributed by atoms with Crippen molar-refractivity contribution in [2.24, 2.45) is 23.2 Å². The fourth-order valence-corrected chi connectivity index (χ4v) is 9.22. The van der Waals surface area contributed by atoms with Gasteiger partial charge in [-0.1, -0.05) is 56.5 Å². The van der Waals surface area contributed by atoms with E-state index in [0.717, 1.165) is 44.1 Å². The van der Waals surface area contributed by atoms with Crippen LogP contribution in [0.4, 0.5) is 0 Å². The van der Waals surface area contributed by atoms with Crippen LogP contribution in [0.5, 0.6) is 0 Å². The van der Waals surface area contributed by atoms with E-state index in [1.165, 1.54) is 28.6 Å². The first-order chi connectivity index (χ1) is 20.5. The lowest BCUT2D eigenvalue weighted by Crippen LogP contribution is -2.39. The Bertz CT molecular complexity index is 1510. The van der Waals surface area contributed by atoms with Crippen LogP contribution in [0.3, 0.4) is 0 Å². The van der Waals surface area contributed by atoms with E-state index in [9.17, 15) is 24.9 Å². The van der Waals surface area contributed by atoms with Gasteiger partial charge >= 0.3 is 11.4 Å². The molecule has 2 fully saturated rings. The quantitative estimate of drug-likeness (QED) is 0.379. The Morgan fingerprint density at radius 2 is 1.88 bits per heavy atom. The molecule has 8 nitrogen and oxygen atoms in total. The van der Waals surface area contributed by atoms with Gasteiger partial charge in [-0.15, -0.1) is 0 Å². The van der Waals surface area contributed by atoms with Crippen molar-refractivity contribution in [2.75, 3.05) is 6.61 Å². The molecule has 0 saturated heterocycles. The highest BCUT2D eigenvalue weighted by molar-refractivity contribution is 5.35. The van der Waals surface area contributed by atoms with E-state index in [4.69, 9.17) is 0 Å². The van der Waals surface area contributed by atoms with E-state index < -0.39 is 11.7 Å². The molecule has 2 aromatic rings. The van der Waals surface area contributed by atoms with Gasteiger partial charge in [0.15, 0.2) is 0 Å². The highest BCUT2D eigenvalue weighted by atomic mass is 16.3. The lowest BCUT2D eigenvalue weighted by molar-refractivity contribution is -0.00891. The second kappa shape index (κ2) is 11.7. The van der Waals surface area contributed by atoms with Crippen LogP contribution < -0.4 is 11.4 Å². The number of rotatable bonds is 8. The molecular weight excluding hydrogens is 542 g/mol. The van der Waals surface area contributed by atoms with E-state index in [-0.39, 0.29) is 29.4 Å². The molecule has 43 heavy (non-hydrogen) atoms. The van der Waals surface area contributed by atoms with Gasteiger partial charge in [0, 0.05) is 0 Å².